The highest BCUT2D eigenvalue weighted by atomic mass is 35.5. The summed E-state index contributed by atoms with van der Waals surface area (Å²) in [5, 5.41) is 7.02. The van der Waals surface area contributed by atoms with Gasteiger partial charge in [-0.1, -0.05) is 71.4 Å². The summed E-state index contributed by atoms with van der Waals surface area (Å²) in [5.74, 6) is -0.752. The molecule has 35 heavy (non-hydrogen) atoms. The van der Waals surface area contributed by atoms with Crippen molar-refractivity contribution in [2.24, 2.45) is 5.10 Å². The van der Waals surface area contributed by atoms with Crippen LogP contribution in [0.25, 0.3) is 6.08 Å². The van der Waals surface area contributed by atoms with E-state index in [-0.39, 0.29) is 11.0 Å². The number of hydrogen-bond acceptors (Lipinski definition) is 7. The van der Waals surface area contributed by atoms with Gasteiger partial charge in [0.2, 0.25) is 9.37 Å². The molecule has 0 aromatic heterocycles. The number of thioether (sulfide) groups is 2. The number of anilines is 2. The van der Waals surface area contributed by atoms with Crippen molar-refractivity contribution >= 4 is 69.5 Å². The highest BCUT2D eigenvalue weighted by Gasteiger charge is 2.60. The molecule has 176 valence electrons. The summed E-state index contributed by atoms with van der Waals surface area (Å²) >= 11 is 8.65. The minimum Gasteiger partial charge on any atom is -0.464 e. The molecule has 1 amide bonds. The van der Waals surface area contributed by atoms with E-state index in [4.69, 9.17) is 16.3 Å². The molecule has 3 aromatic carbocycles. The summed E-state index contributed by atoms with van der Waals surface area (Å²) in [6, 6.07) is 24.4. The van der Waals surface area contributed by atoms with Crippen molar-refractivity contribution in [3.8, 4) is 0 Å². The van der Waals surface area contributed by atoms with Gasteiger partial charge in [-0.25, -0.2) is 9.80 Å². The molecular weight excluding hydrogens is 502 g/mol. The minimum absolute atomic E-state index is 0.153. The maximum absolute atomic E-state index is 13.9. The second-order valence-electron chi connectivity index (χ2n) is 7.83. The predicted octanol–water partition coefficient (Wildman–Crippen LogP) is 6.12. The van der Waals surface area contributed by atoms with Gasteiger partial charge < -0.3 is 4.74 Å². The Morgan fingerprint density at radius 1 is 0.971 bits per heavy atom. The Kier molecular flexibility index (Phi) is 6.35. The number of aryl methyl sites for hydroxylation is 1. The summed E-state index contributed by atoms with van der Waals surface area (Å²) in [6.07, 6.45) is 1.87. The summed E-state index contributed by atoms with van der Waals surface area (Å²) in [6.45, 7) is 2.02. The van der Waals surface area contributed by atoms with Gasteiger partial charge in [0.05, 0.1) is 17.7 Å². The fraction of sp³-hybridized carbons (Fsp3) is 0.115. The lowest BCUT2D eigenvalue weighted by atomic mass is 10.1. The SMILES string of the molecule is COC(=O)C1=NN(c2ccc(Cl)cc2)[C@@]2(S1)S/C(=C\c1ccc(C)cc1)C(=O)N2c1ccccc1. The first-order valence-corrected chi connectivity index (χ1v) is 12.7. The largest absolute Gasteiger partial charge is 0.464 e. The highest BCUT2D eigenvalue weighted by molar-refractivity contribution is 8.29. The average molecular weight is 522 g/mol. The first-order valence-electron chi connectivity index (χ1n) is 10.7. The summed E-state index contributed by atoms with van der Waals surface area (Å²) in [7, 11) is 1.31. The Bertz CT molecular complexity index is 1340. The van der Waals surface area contributed by atoms with E-state index >= 15 is 0 Å². The molecule has 0 unspecified atom stereocenters. The summed E-state index contributed by atoms with van der Waals surface area (Å²) < 4.78 is 3.86. The van der Waals surface area contributed by atoms with E-state index in [1.54, 1.807) is 22.0 Å². The van der Waals surface area contributed by atoms with Crippen LogP contribution in [-0.4, -0.2) is 28.4 Å². The number of methoxy groups -OCH3 is 1. The molecule has 0 radical (unpaired) electrons. The molecule has 0 N–H and O–H groups in total. The van der Waals surface area contributed by atoms with Crippen molar-refractivity contribution in [2.75, 3.05) is 17.0 Å². The lowest BCUT2D eigenvalue weighted by molar-refractivity contribution is -0.132. The number of ether oxygens (including phenoxy) is 1. The standard InChI is InChI=1S/C26H20ClN3O3S2/c1-17-8-10-18(11-9-17)16-22-24(31)29(20-6-4-3-5-7-20)26(34-22)30(21-14-12-19(27)13-15-21)28-23(35-26)25(32)33-2/h3-16H,1-2H3/b22-16-/t26-/m1/s1. The van der Waals surface area contributed by atoms with Crippen molar-refractivity contribution in [2.45, 2.75) is 11.3 Å². The number of hydrogen-bond donors (Lipinski definition) is 0. The van der Waals surface area contributed by atoms with Crippen molar-refractivity contribution in [3.63, 3.8) is 0 Å². The van der Waals surface area contributed by atoms with E-state index in [1.807, 2.05) is 79.7 Å². The molecule has 1 spiro atoms. The fourth-order valence-electron chi connectivity index (χ4n) is 3.75. The number of carbonyl (C=O) groups excluding carboxylic acids is 2. The van der Waals surface area contributed by atoms with Crippen LogP contribution in [0, 0.1) is 6.92 Å². The van der Waals surface area contributed by atoms with Crippen molar-refractivity contribution in [1.82, 2.24) is 0 Å². The number of para-hydroxylation sites is 1. The molecule has 0 aliphatic carbocycles. The normalized spacial score (nSPS) is 20.6. The third-order valence-electron chi connectivity index (χ3n) is 5.45. The molecule has 5 rings (SSSR count). The average Bonchev–Trinajstić information content (AvgIpc) is 3.38. The zero-order valence-electron chi connectivity index (χ0n) is 18.8. The van der Waals surface area contributed by atoms with Crippen LogP contribution in [0.5, 0.6) is 0 Å². The molecule has 1 atom stereocenters. The van der Waals surface area contributed by atoms with Gasteiger partial charge in [-0.15, -0.1) is 0 Å². The number of hydrazone groups is 1. The Morgan fingerprint density at radius 3 is 2.31 bits per heavy atom. The maximum atomic E-state index is 13.9. The van der Waals surface area contributed by atoms with Crippen molar-refractivity contribution < 1.29 is 14.3 Å². The third kappa shape index (κ3) is 4.33. The Morgan fingerprint density at radius 2 is 1.66 bits per heavy atom. The van der Waals surface area contributed by atoms with Crippen molar-refractivity contribution in [1.29, 1.82) is 0 Å². The van der Waals surface area contributed by atoms with E-state index in [9.17, 15) is 9.59 Å². The molecule has 9 heteroatoms. The van der Waals surface area contributed by atoms with Gasteiger partial charge in [-0.3, -0.25) is 9.69 Å². The van der Waals surface area contributed by atoms with Gasteiger partial charge in [0, 0.05) is 10.7 Å². The lowest BCUT2D eigenvalue weighted by Gasteiger charge is -2.38. The molecule has 2 heterocycles. The number of amides is 1. The second-order valence-corrected chi connectivity index (χ2v) is 10.9. The Balaban J connectivity index is 1.68. The first kappa shape index (κ1) is 23.5. The van der Waals surface area contributed by atoms with Crippen LogP contribution in [0.1, 0.15) is 11.1 Å². The van der Waals surface area contributed by atoms with Crippen LogP contribution in [0.3, 0.4) is 0 Å². The van der Waals surface area contributed by atoms with Crippen LogP contribution in [-0.2, 0) is 14.3 Å². The van der Waals surface area contributed by atoms with Crippen LogP contribution in [0.15, 0.2) is 88.9 Å². The predicted molar refractivity (Wildman–Crippen MR) is 144 cm³/mol. The first-order chi connectivity index (χ1) is 16.9. The molecule has 3 aromatic rings. The molecule has 1 fully saturated rings. The van der Waals surface area contributed by atoms with Crippen LogP contribution in [0.4, 0.5) is 11.4 Å². The summed E-state index contributed by atoms with van der Waals surface area (Å²) in [5.41, 5.74) is 3.41. The van der Waals surface area contributed by atoms with Gasteiger partial charge in [0.1, 0.15) is 0 Å². The molecule has 0 saturated carbocycles. The molecule has 2 aliphatic rings. The highest BCUT2D eigenvalue weighted by Crippen LogP contribution is 2.59. The zero-order valence-corrected chi connectivity index (χ0v) is 21.2. The van der Waals surface area contributed by atoms with Crippen molar-refractivity contribution in [3.05, 3.63) is 99.9 Å². The monoisotopic (exact) mass is 521 g/mol. The topological polar surface area (TPSA) is 62.2 Å². The third-order valence-corrected chi connectivity index (χ3v) is 8.40. The van der Waals surface area contributed by atoms with E-state index in [0.717, 1.165) is 11.1 Å². The van der Waals surface area contributed by atoms with E-state index < -0.39 is 10.3 Å². The van der Waals surface area contributed by atoms with Gasteiger partial charge >= 0.3 is 5.97 Å². The number of benzene rings is 3. The molecule has 6 nitrogen and oxygen atoms in total. The number of carbonyl (C=O) groups is 2. The van der Waals surface area contributed by atoms with Crippen LogP contribution in [0.2, 0.25) is 5.02 Å². The molecule has 0 bridgehead atoms. The number of halogens is 1. The number of nitrogens with zero attached hydrogens (tertiary/aromatic N) is 3. The van der Waals surface area contributed by atoms with Gasteiger partial charge in [0.15, 0.2) is 0 Å². The van der Waals surface area contributed by atoms with E-state index in [2.05, 4.69) is 5.10 Å². The number of esters is 1. The molecule has 2 aliphatic heterocycles. The molecular formula is C26H20ClN3O3S2. The van der Waals surface area contributed by atoms with Gasteiger partial charge in [0.25, 0.3) is 5.91 Å². The summed E-state index contributed by atoms with van der Waals surface area (Å²) in [4.78, 5) is 28.7. The van der Waals surface area contributed by atoms with Gasteiger partial charge in [-0.2, -0.15) is 5.10 Å². The van der Waals surface area contributed by atoms with E-state index in [1.165, 1.54) is 30.6 Å². The maximum Gasteiger partial charge on any atom is 0.365 e. The minimum atomic E-state index is -1.12. The molecule has 1 saturated heterocycles. The zero-order chi connectivity index (χ0) is 24.6. The fourth-order valence-corrected chi connectivity index (χ4v) is 6.78. The Hall–Kier alpha value is -3.20. The second kappa shape index (κ2) is 9.45. The Labute approximate surface area is 216 Å². The lowest BCUT2D eigenvalue weighted by Crippen LogP contribution is -2.51. The van der Waals surface area contributed by atoms with Gasteiger partial charge in [-0.05, 0) is 66.7 Å². The van der Waals surface area contributed by atoms with E-state index in [0.29, 0.717) is 21.3 Å². The quantitative estimate of drug-likeness (QED) is 0.304. The van der Waals surface area contributed by atoms with Crippen LogP contribution < -0.4 is 9.91 Å². The smallest absolute Gasteiger partial charge is 0.365 e. The van der Waals surface area contributed by atoms with Crippen LogP contribution >= 0.6 is 35.1 Å². The number of rotatable bonds is 4.